The Bertz CT molecular complexity index is 799. The Labute approximate surface area is 190 Å². The van der Waals surface area contributed by atoms with Crippen LogP contribution >= 0.6 is 23.4 Å². The number of ether oxygens (including phenoxy) is 4. The maximum absolute atomic E-state index is 12.7. The van der Waals surface area contributed by atoms with Gasteiger partial charge in [-0.25, -0.2) is 9.97 Å². The second-order valence-electron chi connectivity index (χ2n) is 8.20. The van der Waals surface area contributed by atoms with Crippen LogP contribution in [0.1, 0.15) is 25.7 Å². The van der Waals surface area contributed by atoms with Crippen molar-refractivity contribution < 1.29 is 23.7 Å². The molecule has 4 fully saturated rings. The zero-order valence-electron chi connectivity index (χ0n) is 17.4. The highest BCUT2D eigenvalue weighted by Gasteiger charge is 2.41. The fourth-order valence-electron chi connectivity index (χ4n) is 4.57. The van der Waals surface area contributed by atoms with Crippen molar-refractivity contribution in [2.75, 3.05) is 63.3 Å². The van der Waals surface area contributed by atoms with Gasteiger partial charge < -0.3 is 28.7 Å². The molecule has 5 rings (SSSR count). The molecule has 11 heteroatoms. The summed E-state index contributed by atoms with van der Waals surface area (Å²) in [5, 5.41) is 0.893. The maximum atomic E-state index is 12.7. The van der Waals surface area contributed by atoms with Gasteiger partial charge >= 0.3 is 0 Å². The highest BCUT2D eigenvalue weighted by molar-refractivity contribution is 7.99. The van der Waals surface area contributed by atoms with Crippen LogP contribution in [0.5, 0.6) is 0 Å². The van der Waals surface area contributed by atoms with E-state index in [1.807, 2.05) is 4.90 Å². The number of amides is 1. The van der Waals surface area contributed by atoms with Crippen molar-refractivity contribution in [3.05, 3.63) is 11.2 Å². The summed E-state index contributed by atoms with van der Waals surface area (Å²) >= 11 is 7.58. The normalized spacial score (nSPS) is 24.9. The molecule has 0 aliphatic carbocycles. The summed E-state index contributed by atoms with van der Waals surface area (Å²) < 4.78 is 23.1. The summed E-state index contributed by atoms with van der Waals surface area (Å²) in [6, 6.07) is 1.77. The molecule has 5 heterocycles. The molecule has 9 nitrogen and oxygen atoms in total. The molecule has 0 radical (unpaired) electrons. The molecule has 0 saturated carbocycles. The molecule has 170 valence electrons. The second-order valence-corrected chi connectivity index (χ2v) is 9.53. The molecule has 0 bridgehead atoms. The molecule has 0 aromatic carbocycles. The molecular weight excluding hydrogens is 444 g/mol. The number of piperidine rings is 2. The third-order valence-electron chi connectivity index (χ3n) is 6.34. The van der Waals surface area contributed by atoms with Gasteiger partial charge in [0.05, 0.1) is 32.2 Å². The fourth-order valence-corrected chi connectivity index (χ4v) is 5.56. The Kier molecular flexibility index (Phi) is 6.28. The molecule has 4 aliphatic rings. The lowest BCUT2D eigenvalue weighted by Gasteiger charge is -2.38. The van der Waals surface area contributed by atoms with Crippen molar-refractivity contribution in [3.63, 3.8) is 0 Å². The van der Waals surface area contributed by atoms with Crippen molar-refractivity contribution >= 4 is 35.1 Å². The Morgan fingerprint density at radius 3 is 2.06 bits per heavy atom. The number of nitrogens with zero attached hydrogens (tertiary/aromatic N) is 4. The minimum absolute atomic E-state index is 0.0680. The van der Waals surface area contributed by atoms with E-state index in [1.54, 1.807) is 6.07 Å². The van der Waals surface area contributed by atoms with Crippen LogP contribution in [0, 0.1) is 0 Å². The van der Waals surface area contributed by atoms with Crippen molar-refractivity contribution in [1.82, 2.24) is 14.9 Å². The monoisotopic (exact) mass is 470 g/mol. The van der Waals surface area contributed by atoms with Crippen LogP contribution in [-0.2, 0) is 23.7 Å². The molecule has 0 N–H and O–H groups in total. The lowest BCUT2D eigenvalue weighted by molar-refractivity contribution is -0.186. The second kappa shape index (κ2) is 8.99. The third kappa shape index (κ3) is 4.79. The average Bonchev–Trinajstić information content (AvgIpc) is 3.43. The topological polar surface area (TPSA) is 86.3 Å². The van der Waals surface area contributed by atoms with Crippen molar-refractivity contribution in [2.45, 2.75) is 42.4 Å². The first-order valence-corrected chi connectivity index (χ1v) is 12.2. The first-order chi connectivity index (χ1) is 15.0. The number of carbonyl (C=O) groups excluding carboxylic acids is 1. The van der Waals surface area contributed by atoms with E-state index in [2.05, 4.69) is 14.9 Å². The van der Waals surface area contributed by atoms with Gasteiger partial charge in [0.15, 0.2) is 16.7 Å². The van der Waals surface area contributed by atoms with Gasteiger partial charge in [0.25, 0.3) is 0 Å². The van der Waals surface area contributed by atoms with Crippen LogP contribution < -0.4 is 4.90 Å². The van der Waals surface area contributed by atoms with Crippen molar-refractivity contribution in [1.29, 1.82) is 0 Å². The van der Waals surface area contributed by atoms with Gasteiger partial charge in [-0.05, 0) is 0 Å². The van der Waals surface area contributed by atoms with Crippen LogP contribution in [0.3, 0.4) is 0 Å². The number of aromatic nitrogens is 2. The number of thioether (sulfide) groups is 1. The van der Waals surface area contributed by atoms with E-state index in [1.165, 1.54) is 11.8 Å². The van der Waals surface area contributed by atoms with Gasteiger partial charge in [-0.2, -0.15) is 0 Å². The fraction of sp³-hybridized carbons (Fsp3) is 0.750. The van der Waals surface area contributed by atoms with E-state index >= 15 is 0 Å². The van der Waals surface area contributed by atoms with E-state index in [9.17, 15) is 4.79 Å². The van der Waals surface area contributed by atoms with Crippen molar-refractivity contribution in [2.24, 2.45) is 0 Å². The predicted molar refractivity (Wildman–Crippen MR) is 114 cm³/mol. The molecule has 4 aliphatic heterocycles. The van der Waals surface area contributed by atoms with E-state index in [0.29, 0.717) is 62.7 Å². The van der Waals surface area contributed by atoms with Gasteiger partial charge in [-0.15, -0.1) is 0 Å². The minimum Gasteiger partial charge on any atom is -0.356 e. The number of likely N-dealkylation sites (tertiary alicyclic amines) is 1. The van der Waals surface area contributed by atoms with Crippen LogP contribution in [0.15, 0.2) is 11.2 Å². The highest BCUT2D eigenvalue weighted by atomic mass is 35.5. The summed E-state index contributed by atoms with van der Waals surface area (Å²) in [6.45, 7) is 5.42. The summed E-state index contributed by atoms with van der Waals surface area (Å²) in [7, 11) is 0. The summed E-state index contributed by atoms with van der Waals surface area (Å²) in [5.41, 5.74) is 0. The molecule has 1 aromatic heterocycles. The van der Waals surface area contributed by atoms with Gasteiger partial charge in [0.2, 0.25) is 5.91 Å². The lowest BCUT2D eigenvalue weighted by atomic mass is 10.0. The van der Waals surface area contributed by atoms with Crippen LogP contribution in [0.4, 0.5) is 5.82 Å². The number of anilines is 1. The summed E-state index contributed by atoms with van der Waals surface area (Å²) in [4.78, 5) is 25.7. The van der Waals surface area contributed by atoms with Crippen molar-refractivity contribution in [3.8, 4) is 0 Å². The molecule has 2 spiro atoms. The van der Waals surface area contributed by atoms with E-state index < -0.39 is 11.6 Å². The van der Waals surface area contributed by atoms with E-state index in [-0.39, 0.29) is 11.7 Å². The molecule has 4 saturated heterocycles. The molecule has 1 amide bonds. The third-order valence-corrected chi connectivity index (χ3v) is 7.37. The Morgan fingerprint density at radius 1 is 0.935 bits per heavy atom. The minimum atomic E-state index is -0.476. The Balaban J connectivity index is 1.15. The SMILES string of the molecule is O=C(CSc1nc(Cl)cc(N2CCC3(CC2)OCCO3)n1)N1CCC2(CC1)OCCO2. The predicted octanol–water partition coefficient (Wildman–Crippen LogP) is 1.93. The van der Waals surface area contributed by atoms with Gasteiger partial charge in [0, 0.05) is 57.9 Å². The van der Waals surface area contributed by atoms with Gasteiger partial charge in [0.1, 0.15) is 11.0 Å². The van der Waals surface area contributed by atoms with Crippen LogP contribution in [-0.4, -0.2) is 90.7 Å². The average molecular weight is 471 g/mol. The van der Waals surface area contributed by atoms with Gasteiger partial charge in [-0.1, -0.05) is 23.4 Å². The molecule has 0 unspecified atom stereocenters. The quantitative estimate of drug-likeness (QED) is 0.372. The smallest absolute Gasteiger partial charge is 0.233 e. The molecular formula is C20H27ClN4O5S. The molecule has 1 aromatic rings. The largest absolute Gasteiger partial charge is 0.356 e. The summed E-state index contributed by atoms with van der Waals surface area (Å²) in [5.74, 6) is 0.214. The standard InChI is InChI=1S/C20H27ClN4O5S/c21-15-13-16(24-5-1-19(2-6-24)27-9-10-28-19)23-18(22-15)31-14-17(26)25-7-3-20(4-8-25)29-11-12-30-20/h13H,1-12,14H2. The van der Waals surface area contributed by atoms with E-state index in [0.717, 1.165) is 31.7 Å². The lowest BCUT2D eigenvalue weighted by Crippen LogP contribution is -2.47. The number of rotatable bonds is 4. The number of carbonyl (C=O) groups is 1. The van der Waals surface area contributed by atoms with Crippen LogP contribution in [0.25, 0.3) is 0 Å². The number of hydrogen-bond acceptors (Lipinski definition) is 9. The first kappa shape index (κ1) is 21.7. The summed E-state index contributed by atoms with van der Waals surface area (Å²) in [6.07, 6.45) is 3.01. The first-order valence-electron chi connectivity index (χ1n) is 10.8. The zero-order chi connectivity index (χ0) is 21.3. The maximum Gasteiger partial charge on any atom is 0.233 e. The molecule has 0 atom stereocenters. The zero-order valence-corrected chi connectivity index (χ0v) is 19.0. The molecule has 31 heavy (non-hydrogen) atoms. The highest BCUT2D eigenvalue weighted by Crippen LogP contribution is 2.34. The Hall–Kier alpha value is -1.17. The number of halogens is 1. The van der Waals surface area contributed by atoms with Gasteiger partial charge in [-0.3, -0.25) is 4.79 Å². The van der Waals surface area contributed by atoms with Crippen LogP contribution in [0.2, 0.25) is 5.15 Å². The van der Waals surface area contributed by atoms with E-state index in [4.69, 9.17) is 30.5 Å². The number of hydrogen-bond donors (Lipinski definition) is 0. The Morgan fingerprint density at radius 2 is 1.48 bits per heavy atom.